The number of hydrogen-bond donors (Lipinski definition) is 1. The molecule has 0 unspecified atom stereocenters. The van der Waals surface area contributed by atoms with E-state index in [2.05, 4.69) is 0 Å². The van der Waals surface area contributed by atoms with Crippen molar-refractivity contribution in [2.24, 2.45) is 0 Å². The minimum absolute atomic E-state index is 0.174. The Morgan fingerprint density at radius 2 is 1.53 bits per heavy atom. The van der Waals surface area contributed by atoms with Gasteiger partial charge in [-0.1, -0.05) is 41.5 Å². The quantitative estimate of drug-likeness (QED) is 0.339. The summed E-state index contributed by atoms with van der Waals surface area (Å²) in [5.74, 6) is 0.00423. The molecule has 1 heterocycles. The van der Waals surface area contributed by atoms with Crippen LogP contribution in [0.5, 0.6) is 11.5 Å². The third-order valence-corrected chi connectivity index (χ3v) is 6.44. The molecule has 0 bridgehead atoms. The van der Waals surface area contributed by atoms with Crippen LogP contribution in [0.2, 0.25) is 0 Å². The molecule has 1 aliphatic rings. The lowest BCUT2D eigenvalue weighted by Crippen LogP contribution is -2.35. The summed E-state index contributed by atoms with van der Waals surface area (Å²) in [6.07, 6.45) is 1.71. The fourth-order valence-electron chi connectivity index (χ4n) is 4.03. The number of aromatic hydroxyl groups is 1. The molecule has 0 spiro atoms. The van der Waals surface area contributed by atoms with Crippen molar-refractivity contribution in [2.75, 3.05) is 25.7 Å². The highest BCUT2D eigenvalue weighted by Crippen LogP contribution is 2.40. The SMILES string of the molecule is COC(=O)CN1C(=S)N(c2ccc(OC)cc2)C(=O)/C1=C/c1cc(C(C)(C)C)c(O)c(C(C)(C)C)c1. The van der Waals surface area contributed by atoms with Crippen LogP contribution in [0.25, 0.3) is 6.08 Å². The van der Waals surface area contributed by atoms with E-state index in [9.17, 15) is 14.7 Å². The number of thiocarbonyl (C=S) groups is 1. The number of benzene rings is 2. The van der Waals surface area contributed by atoms with Crippen LogP contribution in [0.1, 0.15) is 58.2 Å². The molecule has 1 saturated heterocycles. The molecular formula is C28H34N2O5S. The molecule has 0 radical (unpaired) electrons. The van der Waals surface area contributed by atoms with Crippen molar-refractivity contribution < 1.29 is 24.2 Å². The van der Waals surface area contributed by atoms with Crippen LogP contribution in [0.4, 0.5) is 5.69 Å². The standard InChI is InChI=1S/C28H34N2O5S/c1-27(2,3)20-13-17(14-21(24(20)32)28(4,5)6)15-22-25(33)30(18-9-11-19(34-7)12-10-18)26(36)29(22)16-23(31)35-8/h9-15,32H,16H2,1-8H3/b22-15-. The Balaban J connectivity index is 2.19. The molecular weight excluding hydrogens is 476 g/mol. The van der Waals surface area contributed by atoms with Crippen LogP contribution in [0.15, 0.2) is 42.1 Å². The maximum Gasteiger partial charge on any atom is 0.325 e. The van der Waals surface area contributed by atoms with Crippen molar-refractivity contribution in [3.63, 3.8) is 0 Å². The Bertz CT molecular complexity index is 1180. The van der Waals surface area contributed by atoms with Crippen molar-refractivity contribution in [3.8, 4) is 11.5 Å². The molecule has 0 atom stereocenters. The third kappa shape index (κ3) is 5.38. The van der Waals surface area contributed by atoms with Gasteiger partial charge in [0, 0.05) is 11.1 Å². The van der Waals surface area contributed by atoms with Gasteiger partial charge in [0.25, 0.3) is 5.91 Å². The third-order valence-electron chi connectivity index (χ3n) is 6.03. The van der Waals surface area contributed by atoms with Crippen LogP contribution in [-0.2, 0) is 25.2 Å². The number of ether oxygens (including phenoxy) is 2. The van der Waals surface area contributed by atoms with Gasteiger partial charge >= 0.3 is 5.97 Å². The number of esters is 1. The molecule has 0 saturated carbocycles. The normalized spacial score (nSPS) is 15.6. The highest BCUT2D eigenvalue weighted by Gasteiger charge is 2.40. The minimum atomic E-state index is -0.524. The Kier molecular flexibility index (Phi) is 7.50. The van der Waals surface area contributed by atoms with E-state index >= 15 is 0 Å². The van der Waals surface area contributed by atoms with E-state index in [-0.39, 0.29) is 39.8 Å². The zero-order valence-corrected chi connectivity index (χ0v) is 22.9. The van der Waals surface area contributed by atoms with E-state index in [0.29, 0.717) is 11.4 Å². The van der Waals surface area contributed by atoms with Crippen LogP contribution < -0.4 is 9.64 Å². The minimum Gasteiger partial charge on any atom is -0.507 e. The summed E-state index contributed by atoms with van der Waals surface area (Å²) in [6.45, 7) is 11.9. The van der Waals surface area contributed by atoms with Gasteiger partial charge < -0.3 is 19.5 Å². The number of methoxy groups -OCH3 is 2. The maximum atomic E-state index is 13.7. The molecule has 2 aromatic rings. The van der Waals surface area contributed by atoms with Crippen LogP contribution >= 0.6 is 12.2 Å². The molecule has 0 aromatic heterocycles. The zero-order valence-electron chi connectivity index (χ0n) is 22.1. The molecule has 2 aromatic carbocycles. The van der Waals surface area contributed by atoms with Crippen LogP contribution in [0.3, 0.4) is 0 Å². The number of carbonyl (C=O) groups is 2. The summed E-state index contributed by atoms with van der Waals surface area (Å²) < 4.78 is 10.1. The largest absolute Gasteiger partial charge is 0.507 e. The molecule has 7 nitrogen and oxygen atoms in total. The lowest BCUT2D eigenvalue weighted by molar-refractivity contribution is -0.140. The fraction of sp³-hybridized carbons (Fsp3) is 0.393. The second-order valence-electron chi connectivity index (χ2n) is 10.8. The average Bonchev–Trinajstić information content (AvgIpc) is 3.02. The highest BCUT2D eigenvalue weighted by atomic mass is 32.1. The molecule has 1 amide bonds. The van der Waals surface area contributed by atoms with Gasteiger partial charge in [0.1, 0.15) is 23.7 Å². The Morgan fingerprint density at radius 1 is 1.00 bits per heavy atom. The molecule has 3 rings (SSSR count). The van der Waals surface area contributed by atoms with Crippen molar-refractivity contribution in [2.45, 2.75) is 52.4 Å². The van der Waals surface area contributed by atoms with Gasteiger partial charge in [0.15, 0.2) is 5.11 Å². The lowest BCUT2D eigenvalue weighted by Gasteiger charge is -2.28. The second kappa shape index (κ2) is 9.93. The predicted octanol–water partition coefficient (Wildman–Crippen LogP) is 5.14. The Morgan fingerprint density at radius 3 is 1.97 bits per heavy atom. The first kappa shape index (κ1) is 27.2. The number of hydrogen-bond acceptors (Lipinski definition) is 6. The number of phenols is 1. The summed E-state index contributed by atoms with van der Waals surface area (Å²) in [4.78, 5) is 28.8. The molecule has 0 aliphatic carbocycles. The van der Waals surface area contributed by atoms with Crippen LogP contribution in [0, 0.1) is 0 Å². The van der Waals surface area contributed by atoms with E-state index in [0.717, 1.165) is 16.7 Å². The van der Waals surface area contributed by atoms with Gasteiger partial charge in [-0.05, 0) is 71.1 Å². The van der Waals surface area contributed by atoms with Crippen molar-refractivity contribution >= 4 is 41.0 Å². The second-order valence-corrected chi connectivity index (χ2v) is 11.1. The monoisotopic (exact) mass is 510 g/mol. The van der Waals surface area contributed by atoms with Gasteiger partial charge in [-0.2, -0.15) is 0 Å². The van der Waals surface area contributed by atoms with E-state index in [1.165, 1.54) is 16.9 Å². The Labute approximate surface area is 218 Å². The van der Waals surface area contributed by atoms with Gasteiger partial charge in [-0.15, -0.1) is 0 Å². The number of rotatable bonds is 5. The van der Waals surface area contributed by atoms with Gasteiger partial charge in [-0.3, -0.25) is 14.5 Å². The smallest absolute Gasteiger partial charge is 0.325 e. The predicted molar refractivity (Wildman–Crippen MR) is 145 cm³/mol. The number of carbonyl (C=O) groups excluding carboxylic acids is 2. The van der Waals surface area contributed by atoms with E-state index in [1.807, 2.05) is 53.7 Å². The molecule has 1 aliphatic heterocycles. The van der Waals surface area contributed by atoms with Crippen molar-refractivity contribution in [1.29, 1.82) is 0 Å². The summed E-state index contributed by atoms with van der Waals surface area (Å²) in [7, 11) is 2.86. The van der Waals surface area contributed by atoms with Crippen molar-refractivity contribution in [1.82, 2.24) is 4.90 Å². The number of nitrogens with zero attached hydrogens (tertiary/aromatic N) is 2. The molecule has 1 fully saturated rings. The highest BCUT2D eigenvalue weighted by molar-refractivity contribution is 7.80. The first-order chi connectivity index (χ1) is 16.7. The topological polar surface area (TPSA) is 79.3 Å². The lowest BCUT2D eigenvalue weighted by atomic mass is 9.78. The number of phenolic OH excluding ortho intramolecular Hbond substituents is 1. The van der Waals surface area contributed by atoms with Gasteiger partial charge in [0.05, 0.1) is 19.9 Å². The summed E-state index contributed by atoms with van der Waals surface area (Å²) >= 11 is 5.64. The first-order valence-electron chi connectivity index (χ1n) is 11.7. The maximum absolute atomic E-state index is 13.7. The Hall–Kier alpha value is -3.39. The summed E-state index contributed by atoms with van der Waals surface area (Å²) in [6, 6.07) is 10.7. The van der Waals surface area contributed by atoms with E-state index in [4.69, 9.17) is 21.7 Å². The van der Waals surface area contributed by atoms with Gasteiger partial charge in [-0.25, -0.2) is 0 Å². The first-order valence-corrected chi connectivity index (χ1v) is 12.1. The molecule has 192 valence electrons. The number of anilines is 1. The molecule has 1 N–H and O–H groups in total. The molecule has 36 heavy (non-hydrogen) atoms. The number of amides is 1. The fourth-order valence-corrected chi connectivity index (χ4v) is 4.38. The summed E-state index contributed by atoms with van der Waals surface area (Å²) in [5, 5.41) is 11.3. The molecule has 8 heteroatoms. The van der Waals surface area contributed by atoms with Gasteiger partial charge in [0.2, 0.25) is 0 Å². The summed E-state index contributed by atoms with van der Waals surface area (Å²) in [5.41, 5.74) is 2.37. The average molecular weight is 511 g/mol. The zero-order chi connectivity index (χ0) is 27.0. The van der Waals surface area contributed by atoms with E-state index in [1.54, 1.807) is 37.5 Å². The van der Waals surface area contributed by atoms with Crippen molar-refractivity contribution in [3.05, 3.63) is 58.8 Å². The van der Waals surface area contributed by atoms with E-state index < -0.39 is 5.97 Å². The van der Waals surface area contributed by atoms with Crippen LogP contribution in [-0.4, -0.2) is 47.8 Å².